The highest BCUT2D eigenvalue weighted by molar-refractivity contribution is 5.40. The van der Waals surface area contributed by atoms with E-state index in [1.54, 1.807) is 12.1 Å². The number of aromatic hydroxyl groups is 1. The van der Waals surface area contributed by atoms with Gasteiger partial charge in [-0.25, -0.2) is 0 Å². The SMILES string of the molecule is OCCc1cccc(CCO)c1O. The third-order valence-corrected chi connectivity index (χ3v) is 1.97. The zero-order valence-corrected chi connectivity index (χ0v) is 7.40. The molecule has 0 heterocycles. The van der Waals surface area contributed by atoms with E-state index in [1.165, 1.54) is 0 Å². The maximum atomic E-state index is 9.63. The molecule has 13 heavy (non-hydrogen) atoms. The largest absolute Gasteiger partial charge is 0.507 e. The van der Waals surface area contributed by atoms with Gasteiger partial charge in [-0.2, -0.15) is 0 Å². The van der Waals surface area contributed by atoms with Crippen LogP contribution in [-0.4, -0.2) is 28.5 Å². The fourth-order valence-electron chi connectivity index (χ4n) is 1.29. The standard InChI is InChI=1S/C10H14O3/c11-6-4-8-2-1-3-9(5-7-12)10(8)13/h1-3,11-13H,4-7H2. The van der Waals surface area contributed by atoms with Crippen LogP contribution in [0.5, 0.6) is 5.75 Å². The summed E-state index contributed by atoms with van der Waals surface area (Å²) in [6.45, 7) is 0.0479. The molecule has 1 rings (SSSR count). The third kappa shape index (κ3) is 2.44. The number of aliphatic hydroxyl groups excluding tert-OH is 2. The second-order valence-electron chi connectivity index (χ2n) is 2.87. The van der Waals surface area contributed by atoms with E-state index in [4.69, 9.17) is 10.2 Å². The molecular formula is C10H14O3. The first kappa shape index (κ1) is 10.0. The van der Waals surface area contributed by atoms with Crippen LogP contribution in [-0.2, 0) is 12.8 Å². The van der Waals surface area contributed by atoms with E-state index in [0.29, 0.717) is 12.8 Å². The van der Waals surface area contributed by atoms with Gasteiger partial charge in [0.1, 0.15) is 5.75 Å². The summed E-state index contributed by atoms with van der Waals surface area (Å²) in [4.78, 5) is 0. The number of hydrogen-bond donors (Lipinski definition) is 3. The summed E-state index contributed by atoms with van der Waals surface area (Å²) in [6.07, 6.45) is 0.899. The van der Waals surface area contributed by atoms with Gasteiger partial charge in [-0.1, -0.05) is 18.2 Å². The van der Waals surface area contributed by atoms with Gasteiger partial charge >= 0.3 is 0 Å². The zero-order valence-electron chi connectivity index (χ0n) is 7.40. The highest BCUT2D eigenvalue weighted by atomic mass is 16.3. The Balaban J connectivity index is 2.89. The molecule has 0 aromatic heterocycles. The van der Waals surface area contributed by atoms with Crippen LogP contribution in [0.25, 0.3) is 0 Å². The molecule has 1 aromatic rings. The molecule has 3 N–H and O–H groups in total. The Morgan fingerprint density at radius 3 is 1.77 bits per heavy atom. The molecule has 0 radical (unpaired) electrons. The molecule has 0 atom stereocenters. The summed E-state index contributed by atoms with van der Waals surface area (Å²) in [5, 5.41) is 27.0. The van der Waals surface area contributed by atoms with Gasteiger partial charge in [0.05, 0.1) is 0 Å². The molecule has 3 nitrogen and oxygen atoms in total. The second-order valence-corrected chi connectivity index (χ2v) is 2.87. The van der Waals surface area contributed by atoms with Crippen molar-refractivity contribution < 1.29 is 15.3 Å². The molecule has 0 unspecified atom stereocenters. The van der Waals surface area contributed by atoms with Gasteiger partial charge in [0, 0.05) is 13.2 Å². The van der Waals surface area contributed by atoms with E-state index in [9.17, 15) is 5.11 Å². The van der Waals surface area contributed by atoms with Crippen LogP contribution >= 0.6 is 0 Å². The minimum Gasteiger partial charge on any atom is -0.507 e. The van der Waals surface area contributed by atoms with E-state index in [1.807, 2.05) is 6.07 Å². The maximum absolute atomic E-state index is 9.63. The Bertz CT molecular complexity index is 247. The van der Waals surface area contributed by atoms with Gasteiger partial charge < -0.3 is 15.3 Å². The van der Waals surface area contributed by atoms with E-state index >= 15 is 0 Å². The van der Waals surface area contributed by atoms with Crippen LogP contribution in [0.15, 0.2) is 18.2 Å². The van der Waals surface area contributed by atoms with Crippen molar-refractivity contribution in [2.75, 3.05) is 13.2 Å². The quantitative estimate of drug-likeness (QED) is 0.634. The lowest BCUT2D eigenvalue weighted by Gasteiger charge is -2.07. The topological polar surface area (TPSA) is 60.7 Å². The van der Waals surface area contributed by atoms with Gasteiger partial charge in [-0.05, 0) is 24.0 Å². The van der Waals surface area contributed by atoms with Gasteiger partial charge in [0.2, 0.25) is 0 Å². The van der Waals surface area contributed by atoms with Gasteiger partial charge in [0.15, 0.2) is 0 Å². The van der Waals surface area contributed by atoms with Crippen LogP contribution in [0.2, 0.25) is 0 Å². The highest BCUT2D eigenvalue weighted by Crippen LogP contribution is 2.22. The van der Waals surface area contributed by atoms with Crippen molar-refractivity contribution >= 4 is 0 Å². The fourth-order valence-corrected chi connectivity index (χ4v) is 1.29. The van der Waals surface area contributed by atoms with E-state index < -0.39 is 0 Å². The number of phenolic OH excluding ortho intramolecular Hbond substituents is 1. The molecule has 3 heteroatoms. The van der Waals surface area contributed by atoms with Crippen molar-refractivity contribution in [2.24, 2.45) is 0 Å². The molecule has 0 amide bonds. The normalized spacial score (nSPS) is 10.3. The van der Waals surface area contributed by atoms with Crippen molar-refractivity contribution in [1.82, 2.24) is 0 Å². The molecule has 0 saturated heterocycles. The fraction of sp³-hybridized carbons (Fsp3) is 0.400. The average Bonchev–Trinajstić information content (AvgIpc) is 2.13. The molecule has 0 fully saturated rings. The first-order valence-corrected chi connectivity index (χ1v) is 4.31. The number of para-hydroxylation sites is 1. The zero-order chi connectivity index (χ0) is 9.68. The van der Waals surface area contributed by atoms with Crippen molar-refractivity contribution in [3.63, 3.8) is 0 Å². The van der Waals surface area contributed by atoms with Crippen LogP contribution in [0.3, 0.4) is 0 Å². The van der Waals surface area contributed by atoms with Crippen LogP contribution in [0.4, 0.5) is 0 Å². The molecule has 0 aliphatic heterocycles. The monoisotopic (exact) mass is 182 g/mol. The van der Waals surface area contributed by atoms with Crippen molar-refractivity contribution in [3.8, 4) is 5.75 Å². The lowest BCUT2D eigenvalue weighted by atomic mass is 10.0. The molecule has 0 saturated carbocycles. The number of phenols is 1. The molecule has 0 bridgehead atoms. The van der Waals surface area contributed by atoms with Crippen LogP contribution in [0.1, 0.15) is 11.1 Å². The van der Waals surface area contributed by atoms with E-state index in [-0.39, 0.29) is 19.0 Å². The Morgan fingerprint density at radius 1 is 0.923 bits per heavy atom. The number of rotatable bonds is 4. The number of benzene rings is 1. The summed E-state index contributed by atoms with van der Waals surface area (Å²) in [5.74, 6) is 0.200. The van der Waals surface area contributed by atoms with Crippen LogP contribution < -0.4 is 0 Å². The summed E-state index contributed by atoms with van der Waals surface area (Å²) < 4.78 is 0. The van der Waals surface area contributed by atoms with Crippen LogP contribution in [0, 0.1) is 0 Å². The van der Waals surface area contributed by atoms with Gasteiger partial charge in [-0.15, -0.1) is 0 Å². The second kappa shape index (κ2) is 4.84. The Labute approximate surface area is 77.3 Å². The summed E-state index contributed by atoms with van der Waals surface area (Å²) >= 11 is 0. The summed E-state index contributed by atoms with van der Waals surface area (Å²) in [7, 11) is 0. The van der Waals surface area contributed by atoms with Gasteiger partial charge in [-0.3, -0.25) is 0 Å². The molecule has 0 aliphatic carbocycles. The lowest BCUT2D eigenvalue weighted by Crippen LogP contribution is -1.96. The summed E-state index contributed by atoms with van der Waals surface area (Å²) in [5.41, 5.74) is 1.46. The smallest absolute Gasteiger partial charge is 0.122 e. The number of hydrogen-bond acceptors (Lipinski definition) is 3. The van der Waals surface area contributed by atoms with Crippen molar-refractivity contribution in [2.45, 2.75) is 12.8 Å². The molecular weight excluding hydrogens is 168 g/mol. The average molecular weight is 182 g/mol. The van der Waals surface area contributed by atoms with E-state index in [2.05, 4.69) is 0 Å². The Kier molecular flexibility index (Phi) is 3.73. The predicted octanol–water partition coefficient (Wildman–Crippen LogP) is 0.462. The molecule has 0 spiro atoms. The van der Waals surface area contributed by atoms with Crippen molar-refractivity contribution in [1.29, 1.82) is 0 Å². The minimum atomic E-state index is 0.0239. The highest BCUT2D eigenvalue weighted by Gasteiger charge is 2.05. The first-order chi connectivity index (χ1) is 6.29. The molecule has 0 aliphatic rings. The Morgan fingerprint density at radius 2 is 1.38 bits per heavy atom. The third-order valence-electron chi connectivity index (χ3n) is 1.97. The summed E-state index contributed by atoms with van der Waals surface area (Å²) in [6, 6.07) is 5.36. The predicted molar refractivity (Wildman–Crippen MR) is 49.7 cm³/mol. The maximum Gasteiger partial charge on any atom is 0.122 e. The van der Waals surface area contributed by atoms with Crippen molar-refractivity contribution in [3.05, 3.63) is 29.3 Å². The Hall–Kier alpha value is -1.06. The number of aliphatic hydroxyl groups is 2. The first-order valence-electron chi connectivity index (χ1n) is 4.31. The van der Waals surface area contributed by atoms with E-state index in [0.717, 1.165) is 11.1 Å². The molecule has 1 aromatic carbocycles. The van der Waals surface area contributed by atoms with Gasteiger partial charge in [0.25, 0.3) is 0 Å². The lowest BCUT2D eigenvalue weighted by molar-refractivity contribution is 0.293. The molecule has 72 valence electrons. The minimum absolute atomic E-state index is 0.0239.